The molecular formula is C23H27N3O. The van der Waals surface area contributed by atoms with Gasteiger partial charge in [0.05, 0.1) is 11.6 Å². The summed E-state index contributed by atoms with van der Waals surface area (Å²) in [6, 6.07) is 19.6. The fraction of sp³-hybridized carbons (Fsp3) is 0.435. The molecule has 1 saturated heterocycles. The van der Waals surface area contributed by atoms with E-state index in [0.29, 0.717) is 18.2 Å². The molecule has 1 aliphatic carbocycles. The smallest absolute Gasteiger partial charge is 0.120 e. The average molecular weight is 361 g/mol. The highest BCUT2D eigenvalue weighted by atomic mass is 16.5. The van der Waals surface area contributed by atoms with Crippen LogP contribution < -0.4 is 10.1 Å². The maximum absolute atomic E-state index is 8.99. The Bertz CT molecular complexity index is 801. The minimum Gasteiger partial charge on any atom is -0.489 e. The number of ether oxygens (including phenoxy) is 1. The minimum absolute atomic E-state index is 0.478. The third-order valence-corrected chi connectivity index (χ3v) is 5.55. The van der Waals surface area contributed by atoms with Crippen LogP contribution in [0, 0.1) is 11.3 Å². The maximum Gasteiger partial charge on any atom is 0.120 e. The summed E-state index contributed by atoms with van der Waals surface area (Å²) in [6.07, 6.45) is 5.32. The monoisotopic (exact) mass is 361 g/mol. The quantitative estimate of drug-likeness (QED) is 0.814. The molecule has 27 heavy (non-hydrogen) atoms. The first kappa shape index (κ1) is 18.0. The zero-order chi connectivity index (χ0) is 18.5. The summed E-state index contributed by atoms with van der Waals surface area (Å²) in [5, 5.41) is 12.7. The van der Waals surface area contributed by atoms with Gasteiger partial charge in [-0.3, -0.25) is 0 Å². The highest BCUT2D eigenvalue weighted by molar-refractivity contribution is 5.33. The molecule has 140 valence electrons. The molecule has 0 radical (unpaired) electrons. The van der Waals surface area contributed by atoms with E-state index in [4.69, 9.17) is 10.00 Å². The Hall–Kier alpha value is -2.35. The van der Waals surface area contributed by atoms with Crippen molar-refractivity contribution < 1.29 is 4.74 Å². The lowest BCUT2D eigenvalue weighted by atomic mass is 10.0. The first-order valence-corrected chi connectivity index (χ1v) is 9.98. The molecule has 1 N–H and O–H groups in total. The second-order valence-electron chi connectivity index (χ2n) is 7.67. The van der Waals surface area contributed by atoms with E-state index in [0.717, 1.165) is 23.9 Å². The predicted molar refractivity (Wildman–Crippen MR) is 106 cm³/mol. The van der Waals surface area contributed by atoms with Gasteiger partial charge in [0.1, 0.15) is 12.4 Å². The van der Waals surface area contributed by atoms with Crippen LogP contribution in [0.3, 0.4) is 0 Å². The lowest BCUT2D eigenvalue weighted by Gasteiger charge is -2.32. The summed E-state index contributed by atoms with van der Waals surface area (Å²) in [5.41, 5.74) is 2.93. The van der Waals surface area contributed by atoms with Crippen LogP contribution in [-0.2, 0) is 13.2 Å². The predicted octanol–water partition coefficient (Wildman–Crippen LogP) is 3.85. The van der Waals surface area contributed by atoms with Crippen LogP contribution in [0.4, 0.5) is 0 Å². The Balaban J connectivity index is 1.25. The van der Waals surface area contributed by atoms with Crippen molar-refractivity contribution in [1.82, 2.24) is 10.2 Å². The van der Waals surface area contributed by atoms with Gasteiger partial charge >= 0.3 is 0 Å². The molecule has 4 nitrogen and oxygen atoms in total. The zero-order valence-electron chi connectivity index (χ0n) is 15.7. The van der Waals surface area contributed by atoms with Crippen LogP contribution in [0.15, 0.2) is 48.5 Å². The van der Waals surface area contributed by atoms with Gasteiger partial charge in [0.25, 0.3) is 0 Å². The molecule has 0 unspecified atom stereocenters. The number of piperidine rings is 1. The van der Waals surface area contributed by atoms with Gasteiger partial charge in [-0.05, 0) is 74.2 Å². The highest BCUT2D eigenvalue weighted by Gasteiger charge is 2.31. The number of likely N-dealkylation sites (tertiary alicyclic amines) is 1. The summed E-state index contributed by atoms with van der Waals surface area (Å²) in [6.45, 7) is 3.85. The molecule has 2 aliphatic rings. The van der Waals surface area contributed by atoms with Crippen LogP contribution in [0.2, 0.25) is 0 Å². The molecule has 4 rings (SSSR count). The summed E-state index contributed by atoms with van der Waals surface area (Å²) < 4.78 is 5.93. The van der Waals surface area contributed by atoms with E-state index in [1.54, 1.807) is 0 Å². The van der Waals surface area contributed by atoms with Crippen molar-refractivity contribution in [2.24, 2.45) is 0 Å². The minimum atomic E-state index is 0.478. The summed E-state index contributed by atoms with van der Waals surface area (Å²) in [7, 11) is 0. The molecule has 2 aromatic carbocycles. The molecule has 2 fully saturated rings. The first-order chi connectivity index (χ1) is 13.3. The summed E-state index contributed by atoms with van der Waals surface area (Å²) in [4.78, 5) is 2.66. The second-order valence-corrected chi connectivity index (χ2v) is 7.67. The molecule has 0 atom stereocenters. The number of nitrogens with zero attached hydrogens (tertiary/aromatic N) is 2. The molecule has 0 aromatic heterocycles. The van der Waals surface area contributed by atoms with Gasteiger partial charge < -0.3 is 15.0 Å². The second kappa shape index (κ2) is 8.56. The van der Waals surface area contributed by atoms with Crippen molar-refractivity contribution in [2.75, 3.05) is 13.1 Å². The molecule has 1 heterocycles. The van der Waals surface area contributed by atoms with Crippen molar-refractivity contribution in [3.63, 3.8) is 0 Å². The van der Waals surface area contributed by atoms with Crippen molar-refractivity contribution >= 4 is 0 Å². The van der Waals surface area contributed by atoms with Crippen LogP contribution >= 0.6 is 0 Å². The van der Waals surface area contributed by atoms with Crippen molar-refractivity contribution in [3.05, 3.63) is 65.2 Å². The zero-order valence-corrected chi connectivity index (χ0v) is 15.7. The molecule has 0 bridgehead atoms. The van der Waals surface area contributed by atoms with Crippen LogP contribution in [0.1, 0.15) is 42.4 Å². The topological polar surface area (TPSA) is 48.3 Å². The summed E-state index contributed by atoms with van der Waals surface area (Å²) >= 11 is 0. The van der Waals surface area contributed by atoms with Gasteiger partial charge in [-0.1, -0.05) is 24.3 Å². The van der Waals surface area contributed by atoms with Gasteiger partial charge in [0.15, 0.2) is 0 Å². The summed E-state index contributed by atoms with van der Waals surface area (Å²) in [5.74, 6) is 0.875. The number of rotatable bonds is 7. The van der Waals surface area contributed by atoms with Gasteiger partial charge in [-0.2, -0.15) is 5.26 Å². The number of benzene rings is 2. The Labute approximate surface area is 161 Å². The van der Waals surface area contributed by atoms with E-state index in [1.165, 1.54) is 44.3 Å². The van der Waals surface area contributed by atoms with Crippen molar-refractivity contribution in [1.29, 1.82) is 5.26 Å². The van der Waals surface area contributed by atoms with Gasteiger partial charge in [0, 0.05) is 18.6 Å². The fourth-order valence-electron chi connectivity index (χ4n) is 3.81. The van der Waals surface area contributed by atoms with Crippen molar-refractivity contribution in [2.45, 2.75) is 50.9 Å². The molecule has 0 amide bonds. The van der Waals surface area contributed by atoms with Crippen molar-refractivity contribution in [3.8, 4) is 11.8 Å². The number of hydrogen-bond acceptors (Lipinski definition) is 4. The third-order valence-electron chi connectivity index (χ3n) is 5.55. The first-order valence-electron chi connectivity index (χ1n) is 9.98. The van der Waals surface area contributed by atoms with Gasteiger partial charge in [0.2, 0.25) is 0 Å². The molecule has 4 heteroatoms. The molecule has 1 aliphatic heterocycles. The van der Waals surface area contributed by atoms with E-state index in [9.17, 15) is 0 Å². The number of hydrogen-bond donors (Lipinski definition) is 1. The number of nitrogens with one attached hydrogen (secondary N) is 1. The Kier molecular flexibility index (Phi) is 5.72. The number of nitriles is 1. The average Bonchev–Trinajstić information content (AvgIpc) is 3.57. The Morgan fingerprint density at radius 2 is 1.78 bits per heavy atom. The van der Waals surface area contributed by atoms with Gasteiger partial charge in [-0.25, -0.2) is 0 Å². The highest BCUT2D eigenvalue weighted by Crippen LogP contribution is 2.29. The molecule has 1 saturated carbocycles. The standard InChI is InChI=1S/C23H27N3O/c24-15-18-3-1-5-20(13-18)17-27-23-6-2-4-19(14-23)16-25-21-9-11-26(12-10-21)22-7-8-22/h1-6,13-14,21-22,25H,7-12,16-17H2. The van der Waals surface area contributed by atoms with E-state index in [1.807, 2.05) is 36.4 Å². The van der Waals surface area contributed by atoms with Gasteiger partial charge in [-0.15, -0.1) is 0 Å². The van der Waals surface area contributed by atoms with Crippen LogP contribution in [-0.4, -0.2) is 30.1 Å². The SMILES string of the molecule is N#Cc1cccc(COc2cccc(CNC3CCN(C4CC4)CC3)c2)c1. The molecule has 0 spiro atoms. The fourth-order valence-corrected chi connectivity index (χ4v) is 3.81. The molecular weight excluding hydrogens is 334 g/mol. The molecule has 2 aromatic rings. The normalized spacial score (nSPS) is 18.2. The Morgan fingerprint density at radius 3 is 2.56 bits per heavy atom. The van der Waals surface area contributed by atoms with Crippen LogP contribution in [0.25, 0.3) is 0 Å². The van der Waals surface area contributed by atoms with E-state index in [2.05, 4.69) is 28.4 Å². The maximum atomic E-state index is 8.99. The van der Waals surface area contributed by atoms with E-state index in [-0.39, 0.29) is 0 Å². The lowest BCUT2D eigenvalue weighted by Crippen LogP contribution is -2.43. The van der Waals surface area contributed by atoms with E-state index < -0.39 is 0 Å². The van der Waals surface area contributed by atoms with E-state index >= 15 is 0 Å². The Morgan fingerprint density at radius 1 is 1.00 bits per heavy atom. The lowest BCUT2D eigenvalue weighted by molar-refractivity contribution is 0.189. The largest absolute Gasteiger partial charge is 0.489 e. The van der Waals surface area contributed by atoms with Crippen LogP contribution in [0.5, 0.6) is 5.75 Å². The third kappa shape index (κ3) is 5.09.